The Morgan fingerprint density at radius 2 is 2.05 bits per heavy atom. The lowest BCUT2D eigenvalue weighted by Crippen LogP contribution is -2.14. The molecular weight excluding hydrogens is 274 g/mol. The standard InChI is InChI=1S/C14H11N3O2S/c1-17-10-4-2-3-5-11(10)20-14(17)16-13(19)9-6-7-12(18)15-8-9/h2-8H,1H3,(H,15,18). The third-order valence-electron chi connectivity index (χ3n) is 2.94. The van der Waals surface area contributed by atoms with Crippen LogP contribution in [0.4, 0.5) is 0 Å². The molecule has 2 heterocycles. The molecule has 1 N–H and O–H groups in total. The fourth-order valence-corrected chi connectivity index (χ4v) is 2.90. The molecule has 1 amide bonds. The molecule has 0 aliphatic rings. The number of amides is 1. The van der Waals surface area contributed by atoms with Gasteiger partial charge in [0.25, 0.3) is 5.91 Å². The van der Waals surface area contributed by atoms with Crippen LogP contribution < -0.4 is 10.4 Å². The Morgan fingerprint density at radius 3 is 2.75 bits per heavy atom. The van der Waals surface area contributed by atoms with Crippen molar-refractivity contribution in [3.8, 4) is 0 Å². The minimum atomic E-state index is -0.372. The number of pyridine rings is 1. The van der Waals surface area contributed by atoms with E-state index in [1.54, 1.807) is 0 Å². The molecule has 0 radical (unpaired) electrons. The molecular formula is C14H11N3O2S. The van der Waals surface area contributed by atoms with Crippen molar-refractivity contribution in [3.63, 3.8) is 0 Å². The first-order valence-electron chi connectivity index (χ1n) is 5.97. The highest BCUT2D eigenvalue weighted by Crippen LogP contribution is 2.15. The Bertz CT molecular complexity index is 897. The van der Waals surface area contributed by atoms with Crippen LogP contribution in [0.3, 0.4) is 0 Å². The number of rotatable bonds is 1. The van der Waals surface area contributed by atoms with Crippen LogP contribution in [0.5, 0.6) is 0 Å². The van der Waals surface area contributed by atoms with E-state index >= 15 is 0 Å². The molecule has 6 heteroatoms. The van der Waals surface area contributed by atoms with E-state index in [2.05, 4.69) is 9.98 Å². The second-order valence-corrected chi connectivity index (χ2v) is 5.28. The van der Waals surface area contributed by atoms with Crippen LogP contribution in [0.15, 0.2) is 52.4 Å². The molecule has 0 saturated carbocycles. The molecule has 0 unspecified atom stereocenters. The first kappa shape index (κ1) is 12.6. The van der Waals surface area contributed by atoms with E-state index < -0.39 is 0 Å². The fraction of sp³-hybridized carbons (Fsp3) is 0.0714. The van der Waals surface area contributed by atoms with Crippen molar-refractivity contribution in [2.75, 3.05) is 0 Å². The van der Waals surface area contributed by atoms with Crippen LogP contribution in [0.1, 0.15) is 10.4 Å². The summed E-state index contributed by atoms with van der Waals surface area (Å²) in [5.41, 5.74) is 1.15. The monoisotopic (exact) mass is 285 g/mol. The highest BCUT2D eigenvalue weighted by Gasteiger charge is 2.06. The molecule has 100 valence electrons. The van der Waals surface area contributed by atoms with Gasteiger partial charge in [-0.3, -0.25) is 9.59 Å². The second kappa shape index (κ2) is 4.90. The van der Waals surface area contributed by atoms with Gasteiger partial charge in [-0.2, -0.15) is 4.99 Å². The number of benzene rings is 1. The maximum absolute atomic E-state index is 12.1. The quantitative estimate of drug-likeness (QED) is 0.739. The summed E-state index contributed by atoms with van der Waals surface area (Å²) in [5.74, 6) is -0.372. The van der Waals surface area contributed by atoms with Crippen molar-refractivity contribution >= 4 is 27.5 Å². The minimum absolute atomic E-state index is 0.242. The maximum Gasteiger partial charge on any atom is 0.281 e. The zero-order valence-corrected chi connectivity index (χ0v) is 11.5. The number of hydrogen-bond acceptors (Lipinski definition) is 3. The first-order valence-corrected chi connectivity index (χ1v) is 6.79. The summed E-state index contributed by atoms with van der Waals surface area (Å²) in [6.07, 6.45) is 1.38. The lowest BCUT2D eigenvalue weighted by Gasteiger charge is -1.95. The van der Waals surface area contributed by atoms with Crippen LogP contribution in [0.25, 0.3) is 10.2 Å². The summed E-state index contributed by atoms with van der Waals surface area (Å²) < 4.78 is 2.95. The van der Waals surface area contributed by atoms with Crippen LogP contribution in [-0.2, 0) is 7.05 Å². The van der Waals surface area contributed by atoms with E-state index in [0.29, 0.717) is 10.4 Å². The molecule has 20 heavy (non-hydrogen) atoms. The van der Waals surface area contributed by atoms with E-state index in [1.807, 2.05) is 35.9 Å². The molecule has 0 bridgehead atoms. The number of carbonyl (C=O) groups excluding carboxylic acids is 1. The molecule has 3 rings (SSSR count). The Hall–Kier alpha value is -2.47. The molecule has 0 saturated heterocycles. The van der Waals surface area contributed by atoms with Crippen molar-refractivity contribution in [2.45, 2.75) is 0 Å². The number of H-pyrrole nitrogens is 1. The van der Waals surface area contributed by atoms with E-state index in [4.69, 9.17) is 0 Å². The normalized spacial score (nSPS) is 11.9. The van der Waals surface area contributed by atoms with Gasteiger partial charge in [-0.05, 0) is 18.2 Å². The highest BCUT2D eigenvalue weighted by molar-refractivity contribution is 7.16. The SMILES string of the molecule is Cn1c(=NC(=O)c2ccc(=O)[nH]c2)sc2ccccc21. The number of thiazole rings is 1. The Balaban J connectivity index is 2.10. The Labute approximate surface area is 117 Å². The maximum atomic E-state index is 12.1. The topological polar surface area (TPSA) is 67.2 Å². The lowest BCUT2D eigenvalue weighted by atomic mass is 10.3. The number of aromatic nitrogens is 2. The molecule has 0 aliphatic heterocycles. The predicted molar refractivity (Wildman–Crippen MR) is 77.8 cm³/mol. The van der Waals surface area contributed by atoms with E-state index in [0.717, 1.165) is 10.2 Å². The number of fused-ring (bicyclic) bond motifs is 1. The van der Waals surface area contributed by atoms with Gasteiger partial charge in [-0.25, -0.2) is 0 Å². The molecule has 2 aromatic heterocycles. The van der Waals surface area contributed by atoms with Gasteiger partial charge >= 0.3 is 0 Å². The predicted octanol–water partition coefficient (Wildman–Crippen LogP) is 1.67. The number of para-hydroxylation sites is 1. The van der Waals surface area contributed by atoms with Gasteiger partial charge in [0, 0.05) is 19.3 Å². The van der Waals surface area contributed by atoms with Crippen molar-refractivity contribution in [3.05, 3.63) is 63.3 Å². The largest absolute Gasteiger partial charge is 0.328 e. The van der Waals surface area contributed by atoms with Crippen molar-refractivity contribution < 1.29 is 4.79 Å². The van der Waals surface area contributed by atoms with E-state index in [9.17, 15) is 9.59 Å². The second-order valence-electron chi connectivity index (χ2n) is 4.27. The number of carbonyl (C=O) groups is 1. The summed E-state index contributed by atoms with van der Waals surface area (Å²) in [5, 5.41) is 0. The summed E-state index contributed by atoms with van der Waals surface area (Å²) in [6.45, 7) is 0. The van der Waals surface area contributed by atoms with E-state index in [1.165, 1.54) is 29.7 Å². The van der Waals surface area contributed by atoms with Crippen molar-refractivity contribution in [1.29, 1.82) is 0 Å². The molecule has 1 aromatic carbocycles. The number of nitrogens with zero attached hydrogens (tertiary/aromatic N) is 2. The van der Waals surface area contributed by atoms with Gasteiger partial charge in [0.1, 0.15) is 0 Å². The summed E-state index contributed by atoms with van der Waals surface area (Å²) in [7, 11) is 1.87. The van der Waals surface area contributed by atoms with Gasteiger partial charge in [-0.1, -0.05) is 23.5 Å². The molecule has 0 spiro atoms. The highest BCUT2D eigenvalue weighted by atomic mass is 32.1. The van der Waals surface area contributed by atoms with Gasteiger partial charge in [0.15, 0.2) is 4.80 Å². The van der Waals surface area contributed by atoms with Gasteiger partial charge in [-0.15, -0.1) is 0 Å². The zero-order valence-electron chi connectivity index (χ0n) is 10.7. The van der Waals surface area contributed by atoms with Crippen molar-refractivity contribution in [2.24, 2.45) is 12.0 Å². The molecule has 3 aromatic rings. The van der Waals surface area contributed by atoms with E-state index in [-0.39, 0.29) is 11.5 Å². The van der Waals surface area contributed by atoms with Crippen LogP contribution in [0, 0.1) is 0 Å². The summed E-state index contributed by atoms with van der Waals surface area (Å²) in [4.78, 5) is 30.2. The Kier molecular flexibility index (Phi) is 3.08. The molecule has 0 fully saturated rings. The fourth-order valence-electron chi connectivity index (χ4n) is 1.88. The third-order valence-corrected chi connectivity index (χ3v) is 4.06. The Morgan fingerprint density at radius 1 is 1.25 bits per heavy atom. The molecule has 0 atom stereocenters. The van der Waals surface area contributed by atoms with Gasteiger partial charge in [0.05, 0.1) is 15.8 Å². The lowest BCUT2D eigenvalue weighted by molar-refractivity contribution is 0.0997. The number of hydrogen-bond donors (Lipinski definition) is 1. The molecule has 5 nitrogen and oxygen atoms in total. The minimum Gasteiger partial charge on any atom is -0.328 e. The average molecular weight is 285 g/mol. The summed E-state index contributed by atoms with van der Waals surface area (Å²) in [6, 6.07) is 10.7. The summed E-state index contributed by atoms with van der Waals surface area (Å²) >= 11 is 1.45. The van der Waals surface area contributed by atoms with Crippen LogP contribution in [-0.4, -0.2) is 15.5 Å². The average Bonchev–Trinajstić information content (AvgIpc) is 2.77. The number of aromatic amines is 1. The zero-order chi connectivity index (χ0) is 14.1. The van der Waals surface area contributed by atoms with Gasteiger partial charge < -0.3 is 9.55 Å². The number of aryl methyl sites for hydroxylation is 1. The smallest absolute Gasteiger partial charge is 0.281 e. The van der Waals surface area contributed by atoms with Crippen molar-refractivity contribution in [1.82, 2.24) is 9.55 Å². The molecule has 0 aliphatic carbocycles. The van der Waals surface area contributed by atoms with Crippen LogP contribution >= 0.6 is 11.3 Å². The third kappa shape index (κ3) is 2.21. The first-order chi connectivity index (χ1) is 9.65. The van der Waals surface area contributed by atoms with Crippen LogP contribution in [0.2, 0.25) is 0 Å². The number of nitrogens with one attached hydrogen (secondary N) is 1. The van der Waals surface area contributed by atoms with Gasteiger partial charge in [0.2, 0.25) is 5.56 Å².